The van der Waals surface area contributed by atoms with E-state index in [-0.39, 0.29) is 17.7 Å². The Morgan fingerprint density at radius 3 is 2.52 bits per heavy atom. The van der Waals surface area contributed by atoms with Gasteiger partial charge in [-0.15, -0.1) is 0 Å². The van der Waals surface area contributed by atoms with Gasteiger partial charge in [0.05, 0.1) is 0 Å². The molecule has 2 aliphatic rings. The van der Waals surface area contributed by atoms with Gasteiger partial charge in [-0.2, -0.15) is 0 Å². The molecule has 5 heteroatoms. The number of hydrogen-bond donors (Lipinski definition) is 2. The quantitative estimate of drug-likeness (QED) is 0.572. The van der Waals surface area contributed by atoms with E-state index in [1.165, 1.54) is 16.8 Å². The Bertz CT molecular complexity index is 1160. The van der Waals surface area contributed by atoms with Crippen LogP contribution in [0.4, 0.5) is 11.4 Å². The summed E-state index contributed by atoms with van der Waals surface area (Å²) in [6, 6.07) is 24.9. The molecular weight excluding hydrogens is 410 g/mol. The van der Waals surface area contributed by atoms with E-state index in [1.807, 2.05) is 24.3 Å². The zero-order valence-corrected chi connectivity index (χ0v) is 18.7. The van der Waals surface area contributed by atoms with E-state index in [0.717, 1.165) is 36.3 Å². The maximum Gasteiger partial charge on any atom is 0.227 e. The largest absolute Gasteiger partial charge is 0.367 e. The number of para-hydroxylation sites is 2. The first-order chi connectivity index (χ1) is 16.2. The second-order valence-corrected chi connectivity index (χ2v) is 8.98. The Morgan fingerprint density at radius 1 is 0.939 bits per heavy atom. The van der Waals surface area contributed by atoms with Gasteiger partial charge in [0.15, 0.2) is 0 Å². The monoisotopic (exact) mass is 439 g/mol. The van der Waals surface area contributed by atoms with Gasteiger partial charge in [-0.05, 0) is 53.6 Å². The second kappa shape index (κ2) is 9.49. The lowest BCUT2D eigenvalue weighted by Gasteiger charge is -2.24. The molecule has 2 heterocycles. The number of carbonyl (C=O) groups is 2. The summed E-state index contributed by atoms with van der Waals surface area (Å²) < 4.78 is 0. The van der Waals surface area contributed by atoms with Crippen LogP contribution in [0.3, 0.4) is 0 Å². The first kappa shape index (κ1) is 21.3. The van der Waals surface area contributed by atoms with Crippen molar-refractivity contribution in [2.24, 2.45) is 5.92 Å². The fraction of sp³-hybridized carbons (Fsp3) is 0.286. The lowest BCUT2D eigenvalue weighted by Crippen LogP contribution is -2.31. The highest BCUT2D eigenvalue weighted by Crippen LogP contribution is 2.29. The number of anilines is 2. The molecule has 1 atom stereocenters. The highest BCUT2D eigenvalue weighted by atomic mass is 16.2. The van der Waals surface area contributed by atoms with Crippen molar-refractivity contribution >= 4 is 23.2 Å². The molecule has 2 amide bonds. The maximum atomic E-state index is 12.4. The first-order valence-corrected chi connectivity index (χ1v) is 11.7. The zero-order chi connectivity index (χ0) is 22.6. The molecule has 0 unspecified atom stereocenters. The SMILES string of the molecule is O=C(CC[C@@H]1Cc2ccccc2NC1=O)NCc1ccc(CN2CCc3ccccc32)cc1. The highest BCUT2D eigenvalue weighted by molar-refractivity contribution is 5.96. The van der Waals surface area contributed by atoms with Gasteiger partial charge >= 0.3 is 0 Å². The van der Waals surface area contributed by atoms with Crippen LogP contribution in [0.5, 0.6) is 0 Å². The topological polar surface area (TPSA) is 61.4 Å². The number of hydrogen-bond acceptors (Lipinski definition) is 3. The molecule has 168 valence electrons. The number of carbonyl (C=O) groups excluding carboxylic acids is 2. The molecule has 0 saturated heterocycles. The third kappa shape index (κ3) is 4.92. The van der Waals surface area contributed by atoms with E-state index in [9.17, 15) is 9.59 Å². The van der Waals surface area contributed by atoms with Crippen LogP contribution in [0.15, 0.2) is 72.8 Å². The Kier molecular flexibility index (Phi) is 6.11. The van der Waals surface area contributed by atoms with Crippen LogP contribution < -0.4 is 15.5 Å². The van der Waals surface area contributed by atoms with Gasteiger partial charge in [-0.3, -0.25) is 9.59 Å². The molecular formula is C28H29N3O2. The lowest BCUT2D eigenvalue weighted by molar-refractivity contribution is -0.122. The van der Waals surface area contributed by atoms with Crippen molar-refractivity contribution in [2.45, 2.75) is 38.8 Å². The third-order valence-corrected chi connectivity index (χ3v) is 6.70. The smallest absolute Gasteiger partial charge is 0.227 e. The van der Waals surface area contributed by atoms with Crippen LogP contribution in [0.2, 0.25) is 0 Å². The summed E-state index contributed by atoms with van der Waals surface area (Å²) in [4.78, 5) is 27.1. The van der Waals surface area contributed by atoms with Crippen LogP contribution >= 0.6 is 0 Å². The van der Waals surface area contributed by atoms with Crippen LogP contribution in [0.25, 0.3) is 0 Å². The average Bonchev–Trinajstić information content (AvgIpc) is 3.25. The molecule has 5 nitrogen and oxygen atoms in total. The minimum absolute atomic E-state index is 0.0118. The van der Waals surface area contributed by atoms with Gasteiger partial charge in [0.2, 0.25) is 11.8 Å². The third-order valence-electron chi connectivity index (χ3n) is 6.70. The van der Waals surface area contributed by atoms with E-state index < -0.39 is 0 Å². The van der Waals surface area contributed by atoms with Crippen molar-refractivity contribution in [3.8, 4) is 0 Å². The summed E-state index contributed by atoms with van der Waals surface area (Å²) in [5, 5.41) is 5.95. The van der Waals surface area contributed by atoms with Crippen molar-refractivity contribution in [3.05, 3.63) is 95.1 Å². The van der Waals surface area contributed by atoms with Crippen molar-refractivity contribution in [1.82, 2.24) is 5.32 Å². The summed E-state index contributed by atoms with van der Waals surface area (Å²) in [6.45, 7) is 2.46. The first-order valence-electron chi connectivity index (χ1n) is 11.7. The number of benzene rings is 3. The molecule has 0 radical (unpaired) electrons. The molecule has 0 spiro atoms. The molecule has 33 heavy (non-hydrogen) atoms. The Morgan fingerprint density at radius 2 is 1.67 bits per heavy atom. The molecule has 0 saturated carbocycles. The molecule has 3 aromatic rings. The summed E-state index contributed by atoms with van der Waals surface area (Å²) in [5.74, 6) is -0.155. The predicted octanol–water partition coefficient (Wildman–Crippen LogP) is 4.46. The number of nitrogens with one attached hydrogen (secondary N) is 2. The zero-order valence-electron chi connectivity index (χ0n) is 18.7. The van der Waals surface area contributed by atoms with Crippen LogP contribution in [-0.2, 0) is 35.5 Å². The Labute approximate surface area is 194 Å². The minimum atomic E-state index is -0.152. The maximum absolute atomic E-state index is 12.4. The molecule has 3 aromatic carbocycles. The number of amides is 2. The molecule has 2 aliphatic heterocycles. The van der Waals surface area contributed by atoms with E-state index in [4.69, 9.17) is 0 Å². The van der Waals surface area contributed by atoms with Gasteiger partial charge in [0, 0.05) is 43.3 Å². The second-order valence-electron chi connectivity index (χ2n) is 8.98. The van der Waals surface area contributed by atoms with Gasteiger partial charge < -0.3 is 15.5 Å². The van der Waals surface area contributed by atoms with Gasteiger partial charge in [-0.1, -0.05) is 60.7 Å². The number of rotatable bonds is 7. The molecule has 2 N–H and O–H groups in total. The summed E-state index contributed by atoms with van der Waals surface area (Å²) in [6.07, 6.45) is 2.71. The van der Waals surface area contributed by atoms with E-state index in [1.54, 1.807) is 0 Å². The molecule has 0 bridgehead atoms. The summed E-state index contributed by atoms with van der Waals surface area (Å²) in [5.41, 5.74) is 7.14. The van der Waals surface area contributed by atoms with Gasteiger partial charge in [-0.25, -0.2) is 0 Å². The number of fused-ring (bicyclic) bond motifs is 2. The average molecular weight is 440 g/mol. The summed E-state index contributed by atoms with van der Waals surface area (Å²) in [7, 11) is 0. The Hall–Kier alpha value is -3.60. The van der Waals surface area contributed by atoms with Crippen LogP contribution in [0.1, 0.15) is 35.1 Å². The van der Waals surface area contributed by atoms with Crippen molar-refractivity contribution in [1.29, 1.82) is 0 Å². The highest BCUT2D eigenvalue weighted by Gasteiger charge is 2.26. The van der Waals surface area contributed by atoms with E-state index in [2.05, 4.69) is 64.1 Å². The molecule has 0 fully saturated rings. The summed E-state index contributed by atoms with van der Waals surface area (Å²) >= 11 is 0. The Balaban J connectivity index is 1.08. The van der Waals surface area contributed by atoms with Crippen LogP contribution in [-0.4, -0.2) is 18.4 Å². The minimum Gasteiger partial charge on any atom is -0.367 e. The fourth-order valence-corrected chi connectivity index (χ4v) is 4.79. The fourth-order valence-electron chi connectivity index (χ4n) is 4.79. The van der Waals surface area contributed by atoms with Crippen molar-refractivity contribution in [3.63, 3.8) is 0 Å². The molecule has 0 aliphatic carbocycles. The van der Waals surface area contributed by atoms with Crippen LogP contribution in [0, 0.1) is 5.92 Å². The number of nitrogens with zero attached hydrogens (tertiary/aromatic N) is 1. The van der Waals surface area contributed by atoms with Crippen molar-refractivity contribution < 1.29 is 9.59 Å². The lowest BCUT2D eigenvalue weighted by atomic mass is 9.89. The van der Waals surface area contributed by atoms with Gasteiger partial charge in [0.25, 0.3) is 0 Å². The standard InChI is InChI=1S/C28H29N3O2/c32-27(14-13-24-17-23-6-1-3-7-25(23)30-28(24)33)29-18-20-9-11-21(12-10-20)19-31-16-15-22-5-2-4-8-26(22)31/h1-12,24H,13-19H2,(H,29,32)(H,30,33)/t24-/m1/s1. The van der Waals surface area contributed by atoms with E-state index >= 15 is 0 Å². The predicted molar refractivity (Wildman–Crippen MR) is 131 cm³/mol. The molecule has 5 rings (SSSR count). The van der Waals surface area contributed by atoms with Crippen molar-refractivity contribution in [2.75, 3.05) is 16.8 Å². The normalized spacial score (nSPS) is 16.7. The van der Waals surface area contributed by atoms with E-state index in [0.29, 0.717) is 25.8 Å². The molecule has 0 aromatic heterocycles. The van der Waals surface area contributed by atoms with Gasteiger partial charge in [0.1, 0.15) is 0 Å².